The quantitative estimate of drug-likeness (QED) is 0.486. The van der Waals surface area contributed by atoms with E-state index in [1.54, 1.807) is 0 Å². The standard InChI is InChI=1S/C5H11NO/c1-5-2-3-6(7)4-5/h5,7H,2-4H2,1H3/t5-/m1/s1. The van der Waals surface area contributed by atoms with Crippen LogP contribution in [0.1, 0.15) is 13.3 Å². The minimum Gasteiger partial charge on any atom is -0.314 e. The zero-order valence-corrected chi connectivity index (χ0v) is 4.59. The molecular weight excluding hydrogens is 90.1 g/mol. The Bertz CT molecular complexity index is 57.1. The van der Waals surface area contributed by atoms with E-state index in [1.807, 2.05) is 0 Å². The van der Waals surface area contributed by atoms with E-state index in [1.165, 1.54) is 5.06 Å². The highest BCUT2D eigenvalue weighted by Crippen LogP contribution is 2.11. The van der Waals surface area contributed by atoms with Gasteiger partial charge >= 0.3 is 0 Å². The van der Waals surface area contributed by atoms with Gasteiger partial charge < -0.3 is 5.21 Å². The first-order valence-electron chi connectivity index (χ1n) is 2.73. The first kappa shape index (κ1) is 5.06. The van der Waals surface area contributed by atoms with Gasteiger partial charge in [0, 0.05) is 13.1 Å². The minimum absolute atomic E-state index is 0.699. The Hall–Kier alpha value is -0.0800. The van der Waals surface area contributed by atoms with Crippen LogP contribution in [-0.2, 0) is 0 Å². The van der Waals surface area contributed by atoms with Crippen LogP contribution in [0.4, 0.5) is 0 Å². The Balaban J connectivity index is 2.26. The van der Waals surface area contributed by atoms with Gasteiger partial charge in [0.15, 0.2) is 0 Å². The largest absolute Gasteiger partial charge is 0.314 e. The molecule has 0 amide bonds. The summed E-state index contributed by atoms with van der Waals surface area (Å²) >= 11 is 0. The van der Waals surface area contributed by atoms with Crippen LogP contribution in [-0.4, -0.2) is 23.4 Å². The lowest BCUT2D eigenvalue weighted by Crippen LogP contribution is -2.13. The van der Waals surface area contributed by atoms with E-state index in [9.17, 15) is 0 Å². The zero-order valence-electron chi connectivity index (χ0n) is 4.59. The Morgan fingerprint density at radius 1 is 1.71 bits per heavy atom. The van der Waals surface area contributed by atoms with Crippen LogP contribution in [0.3, 0.4) is 0 Å². The summed E-state index contributed by atoms with van der Waals surface area (Å²) in [5.41, 5.74) is 0. The van der Waals surface area contributed by atoms with Crippen LogP contribution in [0.15, 0.2) is 0 Å². The highest BCUT2D eigenvalue weighted by molar-refractivity contribution is 4.64. The van der Waals surface area contributed by atoms with Gasteiger partial charge in [-0.15, -0.1) is 0 Å². The average Bonchev–Trinajstić information content (AvgIpc) is 1.87. The Labute approximate surface area is 43.7 Å². The van der Waals surface area contributed by atoms with Gasteiger partial charge in [-0.3, -0.25) is 0 Å². The van der Waals surface area contributed by atoms with E-state index in [4.69, 9.17) is 5.21 Å². The number of hydrogen-bond donors (Lipinski definition) is 1. The third-order valence-corrected chi connectivity index (χ3v) is 1.40. The molecule has 0 saturated carbocycles. The third-order valence-electron chi connectivity index (χ3n) is 1.40. The monoisotopic (exact) mass is 101 g/mol. The van der Waals surface area contributed by atoms with E-state index >= 15 is 0 Å². The van der Waals surface area contributed by atoms with E-state index in [2.05, 4.69) is 6.92 Å². The minimum atomic E-state index is 0.699. The predicted octanol–water partition coefficient (Wildman–Crippen LogP) is 0.717. The Morgan fingerprint density at radius 3 is 2.57 bits per heavy atom. The van der Waals surface area contributed by atoms with E-state index in [0.717, 1.165) is 19.5 Å². The van der Waals surface area contributed by atoms with Crippen LogP contribution < -0.4 is 0 Å². The van der Waals surface area contributed by atoms with Crippen molar-refractivity contribution in [3.63, 3.8) is 0 Å². The van der Waals surface area contributed by atoms with E-state index in [0.29, 0.717) is 5.92 Å². The number of hydrogen-bond acceptors (Lipinski definition) is 2. The SMILES string of the molecule is C[C@@H]1CCN(O)C1. The molecule has 1 rings (SSSR count). The molecule has 0 aromatic carbocycles. The van der Waals surface area contributed by atoms with Crippen molar-refractivity contribution in [1.29, 1.82) is 0 Å². The maximum Gasteiger partial charge on any atom is 0.0264 e. The van der Waals surface area contributed by atoms with Crippen LogP contribution in [0, 0.1) is 5.92 Å². The fraction of sp³-hybridized carbons (Fsp3) is 1.00. The molecule has 1 heterocycles. The maximum absolute atomic E-state index is 8.73. The molecule has 1 saturated heterocycles. The summed E-state index contributed by atoms with van der Waals surface area (Å²) in [6.45, 7) is 3.87. The summed E-state index contributed by atoms with van der Waals surface area (Å²) in [5.74, 6) is 0.699. The van der Waals surface area contributed by atoms with Crippen LogP contribution in [0.25, 0.3) is 0 Å². The molecule has 0 radical (unpaired) electrons. The second kappa shape index (κ2) is 1.80. The lowest BCUT2D eigenvalue weighted by atomic mass is 10.2. The van der Waals surface area contributed by atoms with E-state index < -0.39 is 0 Å². The van der Waals surface area contributed by atoms with Crippen molar-refractivity contribution in [1.82, 2.24) is 5.06 Å². The summed E-state index contributed by atoms with van der Waals surface area (Å²) in [7, 11) is 0. The number of nitrogens with zero attached hydrogens (tertiary/aromatic N) is 1. The first-order chi connectivity index (χ1) is 3.29. The zero-order chi connectivity index (χ0) is 5.28. The fourth-order valence-electron chi connectivity index (χ4n) is 0.912. The van der Waals surface area contributed by atoms with Gasteiger partial charge in [-0.05, 0) is 12.3 Å². The molecular formula is C5H11NO. The lowest BCUT2D eigenvalue weighted by molar-refractivity contribution is -0.0707. The third kappa shape index (κ3) is 1.14. The summed E-state index contributed by atoms with van der Waals surface area (Å²) in [6.07, 6.45) is 1.15. The molecule has 1 fully saturated rings. The van der Waals surface area contributed by atoms with Crippen molar-refractivity contribution in [3.8, 4) is 0 Å². The molecule has 2 nitrogen and oxygen atoms in total. The van der Waals surface area contributed by atoms with Gasteiger partial charge in [0.25, 0.3) is 0 Å². The van der Waals surface area contributed by atoms with Crippen molar-refractivity contribution in [2.45, 2.75) is 13.3 Å². The summed E-state index contributed by atoms with van der Waals surface area (Å²) in [5, 5.41) is 10.1. The van der Waals surface area contributed by atoms with Crippen molar-refractivity contribution in [2.24, 2.45) is 5.92 Å². The molecule has 0 unspecified atom stereocenters. The molecule has 7 heavy (non-hydrogen) atoms. The highest BCUT2D eigenvalue weighted by Gasteiger charge is 2.15. The molecule has 0 bridgehead atoms. The normalized spacial score (nSPS) is 34.3. The van der Waals surface area contributed by atoms with Gasteiger partial charge in [0.2, 0.25) is 0 Å². The first-order valence-corrected chi connectivity index (χ1v) is 2.73. The highest BCUT2D eigenvalue weighted by atomic mass is 16.5. The van der Waals surface area contributed by atoms with Gasteiger partial charge in [0.05, 0.1) is 0 Å². The lowest BCUT2D eigenvalue weighted by Gasteiger charge is -2.01. The molecule has 0 aromatic rings. The molecule has 2 heteroatoms. The molecule has 42 valence electrons. The Kier molecular flexibility index (Phi) is 1.30. The molecule has 0 spiro atoms. The van der Waals surface area contributed by atoms with Crippen molar-refractivity contribution in [3.05, 3.63) is 0 Å². The molecule has 1 aliphatic rings. The van der Waals surface area contributed by atoms with Crippen LogP contribution in [0.2, 0.25) is 0 Å². The molecule has 0 aromatic heterocycles. The van der Waals surface area contributed by atoms with Gasteiger partial charge in [-0.1, -0.05) is 6.92 Å². The predicted molar refractivity (Wildman–Crippen MR) is 27.1 cm³/mol. The van der Waals surface area contributed by atoms with Gasteiger partial charge in [-0.2, -0.15) is 5.06 Å². The average molecular weight is 101 g/mol. The topological polar surface area (TPSA) is 23.5 Å². The van der Waals surface area contributed by atoms with Crippen LogP contribution >= 0.6 is 0 Å². The molecule has 1 aliphatic heterocycles. The second-order valence-corrected chi connectivity index (χ2v) is 2.31. The summed E-state index contributed by atoms with van der Waals surface area (Å²) in [4.78, 5) is 0. The Morgan fingerprint density at radius 2 is 2.43 bits per heavy atom. The van der Waals surface area contributed by atoms with Gasteiger partial charge in [0.1, 0.15) is 0 Å². The van der Waals surface area contributed by atoms with Gasteiger partial charge in [-0.25, -0.2) is 0 Å². The maximum atomic E-state index is 8.73. The van der Waals surface area contributed by atoms with Crippen LogP contribution in [0.5, 0.6) is 0 Å². The smallest absolute Gasteiger partial charge is 0.0264 e. The second-order valence-electron chi connectivity index (χ2n) is 2.31. The molecule has 1 N–H and O–H groups in total. The summed E-state index contributed by atoms with van der Waals surface area (Å²) in [6, 6.07) is 0. The number of hydroxylamine groups is 2. The molecule has 1 atom stereocenters. The van der Waals surface area contributed by atoms with Crippen molar-refractivity contribution in [2.75, 3.05) is 13.1 Å². The number of rotatable bonds is 0. The van der Waals surface area contributed by atoms with Crippen molar-refractivity contribution < 1.29 is 5.21 Å². The molecule has 0 aliphatic carbocycles. The summed E-state index contributed by atoms with van der Waals surface area (Å²) < 4.78 is 0. The van der Waals surface area contributed by atoms with Crippen molar-refractivity contribution >= 4 is 0 Å². The fourth-order valence-corrected chi connectivity index (χ4v) is 0.912. The van der Waals surface area contributed by atoms with E-state index in [-0.39, 0.29) is 0 Å².